The Morgan fingerprint density at radius 1 is 1.38 bits per heavy atom. The Hall–Kier alpha value is -2.09. The molecule has 0 bridgehead atoms. The van der Waals surface area contributed by atoms with Gasteiger partial charge in [0.2, 0.25) is 0 Å². The van der Waals surface area contributed by atoms with Crippen molar-refractivity contribution in [3.05, 3.63) is 23.8 Å². The van der Waals surface area contributed by atoms with Crippen LogP contribution in [0.3, 0.4) is 0 Å². The number of anilines is 1. The molecule has 0 aliphatic heterocycles. The van der Waals surface area contributed by atoms with Gasteiger partial charge in [-0.3, -0.25) is 4.21 Å². The van der Waals surface area contributed by atoms with E-state index in [0.29, 0.717) is 23.7 Å². The lowest BCUT2D eigenvalue weighted by molar-refractivity contribution is 0.0693. The Labute approximate surface area is 125 Å². The molecule has 0 radical (unpaired) electrons. The maximum atomic E-state index is 11.6. The van der Waals surface area contributed by atoms with Crippen LogP contribution in [0.5, 0.6) is 5.75 Å². The molecular weight excluding hydrogens is 296 g/mol. The van der Waals surface area contributed by atoms with Crippen molar-refractivity contribution in [1.82, 2.24) is 5.32 Å². The number of rotatable bonds is 7. The van der Waals surface area contributed by atoms with Crippen molar-refractivity contribution in [2.45, 2.75) is 6.92 Å². The first kappa shape index (κ1) is 17.0. The molecule has 0 heterocycles. The molecule has 3 N–H and O–H groups in total. The molecule has 0 aliphatic rings. The zero-order valence-corrected chi connectivity index (χ0v) is 12.7. The van der Waals surface area contributed by atoms with Crippen molar-refractivity contribution < 1.29 is 23.6 Å². The molecule has 0 fully saturated rings. The van der Waals surface area contributed by atoms with Crippen LogP contribution in [0, 0.1) is 0 Å². The highest BCUT2D eigenvalue weighted by Gasteiger charge is 2.12. The molecule has 0 aromatic heterocycles. The third-order valence-corrected chi connectivity index (χ3v) is 3.93. The number of nitrogens with one attached hydrogen (secondary N) is 2. The van der Waals surface area contributed by atoms with E-state index in [1.165, 1.54) is 25.3 Å². The van der Waals surface area contributed by atoms with E-state index in [4.69, 9.17) is 9.84 Å². The highest BCUT2D eigenvalue weighted by atomic mass is 32.2. The molecule has 116 valence electrons. The number of benzene rings is 1. The average Bonchev–Trinajstić information content (AvgIpc) is 2.46. The van der Waals surface area contributed by atoms with Crippen LogP contribution >= 0.6 is 0 Å². The van der Waals surface area contributed by atoms with Crippen molar-refractivity contribution in [1.29, 1.82) is 0 Å². The highest BCUT2D eigenvalue weighted by Crippen LogP contribution is 2.23. The van der Waals surface area contributed by atoms with E-state index in [9.17, 15) is 13.8 Å². The number of methoxy groups -OCH3 is 1. The molecule has 21 heavy (non-hydrogen) atoms. The van der Waals surface area contributed by atoms with E-state index >= 15 is 0 Å². The minimum Gasteiger partial charge on any atom is -0.496 e. The standard InChI is InChI=1S/C13H18N2O5S/c1-3-21(19)7-6-14-13(18)15-9-4-5-10(12(16)17)11(8-9)20-2/h4-5,8H,3,6-7H2,1-2H3,(H,16,17)(H2,14,15,18). The van der Waals surface area contributed by atoms with Gasteiger partial charge in [-0.25, -0.2) is 9.59 Å². The third kappa shape index (κ3) is 5.42. The van der Waals surface area contributed by atoms with Crippen molar-refractivity contribution in [2.24, 2.45) is 0 Å². The molecule has 1 unspecified atom stereocenters. The number of carboxylic acids is 1. The van der Waals surface area contributed by atoms with Crippen LogP contribution in [0.2, 0.25) is 0 Å². The summed E-state index contributed by atoms with van der Waals surface area (Å²) in [6, 6.07) is 3.79. The molecule has 2 amide bonds. The maximum Gasteiger partial charge on any atom is 0.339 e. The minimum atomic E-state index is -1.11. The second-order valence-corrected chi connectivity index (χ2v) is 5.90. The summed E-state index contributed by atoms with van der Waals surface area (Å²) in [5.41, 5.74) is 0.424. The first-order valence-electron chi connectivity index (χ1n) is 6.29. The summed E-state index contributed by atoms with van der Waals surface area (Å²) in [7, 11) is 0.422. The number of amides is 2. The molecule has 8 heteroatoms. The lowest BCUT2D eigenvalue weighted by atomic mass is 10.2. The first-order valence-corrected chi connectivity index (χ1v) is 7.77. The van der Waals surface area contributed by atoms with Crippen LogP contribution in [-0.4, -0.2) is 46.5 Å². The largest absolute Gasteiger partial charge is 0.496 e. The molecule has 1 atom stereocenters. The molecule has 0 saturated carbocycles. The first-order chi connectivity index (χ1) is 9.97. The summed E-state index contributed by atoms with van der Waals surface area (Å²) in [6.45, 7) is 2.11. The van der Waals surface area contributed by atoms with E-state index in [1.807, 2.05) is 6.92 Å². The molecular formula is C13H18N2O5S. The molecule has 1 aromatic rings. The Balaban J connectivity index is 2.60. The summed E-state index contributed by atoms with van der Waals surface area (Å²) < 4.78 is 16.2. The second kappa shape index (κ2) is 8.25. The van der Waals surface area contributed by atoms with E-state index in [-0.39, 0.29) is 11.3 Å². The fourth-order valence-corrected chi connectivity index (χ4v) is 2.16. The lowest BCUT2D eigenvalue weighted by Crippen LogP contribution is -2.32. The zero-order chi connectivity index (χ0) is 15.8. The second-order valence-electron chi connectivity index (χ2n) is 4.03. The predicted molar refractivity (Wildman–Crippen MR) is 80.5 cm³/mol. The summed E-state index contributed by atoms with van der Waals surface area (Å²) in [5, 5.41) is 14.1. The number of hydrogen-bond donors (Lipinski definition) is 3. The number of aromatic carboxylic acids is 1. The van der Waals surface area contributed by atoms with Gasteiger partial charge in [0.15, 0.2) is 0 Å². The van der Waals surface area contributed by atoms with E-state index in [0.717, 1.165) is 0 Å². The topological polar surface area (TPSA) is 105 Å². The van der Waals surface area contributed by atoms with Gasteiger partial charge in [-0.15, -0.1) is 0 Å². The van der Waals surface area contributed by atoms with Gasteiger partial charge in [0, 0.05) is 40.6 Å². The molecule has 7 nitrogen and oxygen atoms in total. The van der Waals surface area contributed by atoms with Gasteiger partial charge in [-0.05, 0) is 12.1 Å². The zero-order valence-electron chi connectivity index (χ0n) is 11.8. The average molecular weight is 314 g/mol. The summed E-state index contributed by atoms with van der Waals surface area (Å²) >= 11 is 0. The van der Waals surface area contributed by atoms with Crippen LogP contribution in [-0.2, 0) is 10.8 Å². The Morgan fingerprint density at radius 3 is 2.67 bits per heavy atom. The van der Waals surface area contributed by atoms with Crippen molar-refractivity contribution >= 4 is 28.5 Å². The van der Waals surface area contributed by atoms with Crippen molar-refractivity contribution in [3.8, 4) is 5.75 Å². The van der Waals surface area contributed by atoms with Gasteiger partial charge in [0.05, 0.1) is 7.11 Å². The fourth-order valence-electron chi connectivity index (χ4n) is 1.54. The van der Waals surface area contributed by atoms with Crippen LogP contribution in [0.4, 0.5) is 10.5 Å². The number of hydrogen-bond acceptors (Lipinski definition) is 4. The lowest BCUT2D eigenvalue weighted by Gasteiger charge is -2.10. The smallest absolute Gasteiger partial charge is 0.339 e. The van der Waals surface area contributed by atoms with Crippen LogP contribution < -0.4 is 15.4 Å². The van der Waals surface area contributed by atoms with Crippen LogP contribution in [0.15, 0.2) is 18.2 Å². The summed E-state index contributed by atoms with van der Waals surface area (Å²) in [4.78, 5) is 22.6. The fraction of sp³-hybridized carbons (Fsp3) is 0.385. The normalized spacial score (nSPS) is 11.5. The van der Waals surface area contributed by atoms with Gasteiger partial charge in [0.1, 0.15) is 11.3 Å². The number of carbonyl (C=O) groups excluding carboxylic acids is 1. The Kier molecular flexibility index (Phi) is 6.67. The van der Waals surface area contributed by atoms with E-state index in [1.54, 1.807) is 0 Å². The number of carboxylic acid groups (broad SMARTS) is 1. The summed E-state index contributed by atoms with van der Waals surface area (Å²) in [6.07, 6.45) is 0. The van der Waals surface area contributed by atoms with E-state index in [2.05, 4.69) is 10.6 Å². The van der Waals surface area contributed by atoms with Gasteiger partial charge in [-0.2, -0.15) is 0 Å². The monoisotopic (exact) mass is 314 g/mol. The van der Waals surface area contributed by atoms with Crippen molar-refractivity contribution in [2.75, 3.05) is 30.5 Å². The number of carbonyl (C=O) groups is 2. The van der Waals surface area contributed by atoms with Gasteiger partial charge in [0.25, 0.3) is 0 Å². The van der Waals surface area contributed by atoms with E-state index < -0.39 is 22.8 Å². The van der Waals surface area contributed by atoms with Crippen LogP contribution in [0.25, 0.3) is 0 Å². The number of ether oxygens (including phenoxy) is 1. The Bertz CT molecular complexity index is 547. The van der Waals surface area contributed by atoms with Crippen LogP contribution in [0.1, 0.15) is 17.3 Å². The van der Waals surface area contributed by atoms with Gasteiger partial charge >= 0.3 is 12.0 Å². The number of urea groups is 1. The highest BCUT2D eigenvalue weighted by molar-refractivity contribution is 7.84. The summed E-state index contributed by atoms with van der Waals surface area (Å²) in [5.74, 6) is -0.000193. The maximum absolute atomic E-state index is 11.6. The predicted octanol–water partition coefficient (Wildman–Crippen LogP) is 1.28. The Morgan fingerprint density at radius 2 is 2.10 bits per heavy atom. The van der Waals surface area contributed by atoms with Crippen molar-refractivity contribution in [3.63, 3.8) is 0 Å². The molecule has 1 rings (SSSR count). The quantitative estimate of drug-likeness (QED) is 0.703. The molecule has 1 aromatic carbocycles. The molecule has 0 spiro atoms. The van der Waals surface area contributed by atoms with Gasteiger partial charge < -0.3 is 20.5 Å². The van der Waals surface area contributed by atoms with Gasteiger partial charge in [-0.1, -0.05) is 6.92 Å². The minimum absolute atomic E-state index is 0.0156. The molecule has 0 aliphatic carbocycles. The third-order valence-electron chi connectivity index (χ3n) is 2.63. The molecule has 0 saturated heterocycles. The SMILES string of the molecule is CCS(=O)CCNC(=O)Nc1ccc(C(=O)O)c(OC)c1.